The van der Waals surface area contributed by atoms with Gasteiger partial charge < -0.3 is 30.6 Å². The molecule has 0 aromatic heterocycles. The third kappa shape index (κ3) is 21.0. The maximum atomic E-state index is 10.6. The molecule has 0 rings (SSSR count). The van der Waals surface area contributed by atoms with Gasteiger partial charge in [0.25, 0.3) is 0 Å². The van der Waals surface area contributed by atoms with E-state index < -0.39 is 62.0 Å². The molecule has 6 N–H and O–H groups in total. The normalized spacial score (nSPS) is 10.4. The zero-order valence-corrected chi connectivity index (χ0v) is 16.1. The SMILES string of the molecule is CN(CC(=O)O)CC(=O)O.O=C(O)CN(CCN(CC(=O)O)CC(=O)O)CC(=O)O. The molecule has 0 saturated carbocycles. The molecule has 0 aliphatic rings. The van der Waals surface area contributed by atoms with Gasteiger partial charge >= 0.3 is 35.8 Å². The molecule has 0 bridgehead atoms. The summed E-state index contributed by atoms with van der Waals surface area (Å²) in [6.07, 6.45) is 0. The van der Waals surface area contributed by atoms with Crippen molar-refractivity contribution < 1.29 is 59.4 Å². The van der Waals surface area contributed by atoms with Crippen LogP contribution in [0.25, 0.3) is 0 Å². The minimum absolute atomic E-state index is 0.0703. The smallest absolute Gasteiger partial charge is 0.317 e. The van der Waals surface area contributed by atoms with E-state index in [1.807, 2.05) is 0 Å². The van der Waals surface area contributed by atoms with Gasteiger partial charge in [-0.05, 0) is 7.05 Å². The van der Waals surface area contributed by atoms with Crippen LogP contribution < -0.4 is 0 Å². The summed E-state index contributed by atoms with van der Waals surface area (Å²) in [5, 5.41) is 50.8. The van der Waals surface area contributed by atoms with Crippen molar-refractivity contribution in [2.75, 3.05) is 59.4 Å². The Morgan fingerprint density at radius 1 is 0.467 bits per heavy atom. The molecule has 0 heterocycles. The predicted octanol–water partition coefficient (Wildman–Crippen LogP) is -2.98. The van der Waals surface area contributed by atoms with Crippen LogP contribution in [-0.4, -0.2) is 141 Å². The van der Waals surface area contributed by atoms with Crippen molar-refractivity contribution in [1.29, 1.82) is 0 Å². The number of aliphatic carboxylic acids is 6. The van der Waals surface area contributed by atoms with Gasteiger partial charge in [0, 0.05) is 13.1 Å². The number of carboxylic acid groups (broad SMARTS) is 6. The molecule has 0 fully saturated rings. The summed E-state index contributed by atoms with van der Waals surface area (Å²) in [5.74, 6) is -6.96. The molecule has 0 aromatic carbocycles. The molecule has 15 heteroatoms. The average Bonchev–Trinajstić information content (AvgIpc) is 2.49. The van der Waals surface area contributed by atoms with Gasteiger partial charge in [-0.3, -0.25) is 43.5 Å². The Kier molecular flexibility index (Phi) is 15.0. The molecular weight excluding hydrogens is 414 g/mol. The molecule has 0 amide bonds. The minimum Gasteiger partial charge on any atom is -0.480 e. The van der Waals surface area contributed by atoms with Gasteiger partial charge in [-0.1, -0.05) is 0 Å². The second-order valence-electron chi connectivity index (χ2n) is 5.96. The van der Waals surface area contributed by atoms with Gasteiger partial charge in [0.2, 0.25) is 0 Å². The molecule has 0 radical (unpaired) electrons. The van der Waals surface area contributed by atoms with Crippen LogP contribution in [0.2, 0.25) is 0 Å². The first-order valence-corrected chi connectivity index (χ1v) is 8.16. The van der Waals surface area contributed by atoms with Crippen molar-refractivity contribution in [1.82, 2.24) is 14.7 Å². The fraction of sp³-hybridized carbons (Fsp3) is 0.600. The van der Waals surface area contributed by atoms with E-state index in [1.165, 1.54) is 11.9 Å². The summed E-state index contributed by atoms with van der Waals surface area (Å²) in [6.45, 7) is -2.74. The van der Waals surface area contributed by atoms with Gasteiger partial charge in [-0.25, -0.2) is 0 Å². The number of hydrogen-bond donors (Lipinski definition) is 6. The monoisotopic (exact) mass is 439 g/mol. The Balaban J connectivity index is 0. The fourth-order valence-electron chi connectivity index (χ4n) is 1.99. The zero-order chi connectivity index (χ0) is 23.9. The Morgan fingerprint density at radius 3 is 0.833 bits per heavy atom. The van der Waals surface area contributed by atoms with Gasteiger partial charge in [-0.2, -0.15) is 0 Å². The molecule has 0 aromatic rings. The van der Waals surface area contributed by atoms with Crippen LogP contribution in [0.1, 0.15) is 0 Å². The van der Waals surface area contributed by atoms with E-state index in [2.05, 4.69) is 0 Å². The second kappa shape index (κ2) is 15.6. The molecule has 0 atom stereocenters. The third-order valence-electron chi connectivity index (χ3n) is 2.98. The number of carbonyl (C=O) groups is 6. The van der Waals surface area contributed by atoms with Crippen LogP contribution in [0.4, 0.5) is 0 Å². The molecule has 0 spiro atoms. The van der Waals surface area contributed by atoms with Crippen molar-refractivity contribution >= 4 is 35.8 Å². The first-order valence-electron chi connectivity index (χ1n) is 8.16. The van der Waals surface area contributed by atoms with E-state index in [4.69, 9.17) is 30.6 Å². The highest BCUT2D eigenvalue weighted by atomic mass is 16.4. The molecule has 0 aliphatic heterocycles. The summed E-state index contributed by atoms with van der Waals surface area (Å²) >= 11 is 0. The second-order valence-corrected chi connectivity index (χ2v) is 5.96. The summed E-state index contributed by atoms with van der Waals surface area (Å²) in [6, 6.07) is 0. The molecular formula is C15H25N3O12. The summed E-state index contributed by atoms with van der Waals surface area (Å²) in [7, 11) is 1.43. The Hall–Kier alpha value is -3.30. The lowest BCUT2D eigenvalue weighted by Crippen LogP contribution is -2.43. The lowest BCUT2D eigenvalue weighted by Gasteiger charge is -2.23. The van der Waals surface area contributed by atoms with E-state index in [-0.39, 0.29) is 26.2 Å². The van der Waals surface area contributed by atoms with Gasteiger partial charge in [-0.15, -0.1) is 0 Å². The van der Waals surface area contributed by atoms with Crippen molar-refractivity contribution in [2.45, 2.75) is 0 Å². The summed E-state index contributed by atoms with van der Waals surface area (Å²) in [4.78, 5) is 65.5. The van der Waals surface area contributed by atoms with Crippen molar-refractivity contribution in [3.8, 4) is 0 Å². The molecule has 0 saturated heterocycles. The van der Waals surface area contributed by atoms with Crippen molar-refractivity contribution in [3.63, 3.8) is 0 Å². The van der Waals surface area contributed by atoms with E-state index in [1.54, 1.807) is 0 Å². The predicted molar refractivity (Wildman–Crippen MR) is 96.2 cm³/mol. The van der Waals surface area contributed by atoms with Crippen LogP contribution in [0.5, 0.6) is 0 Å². The maximum absolute atomic E-state index is 10.6. The van der Waals surface area contributed by atoms with Gasteiger partial charge in [0.15, 0.2) is 0 Å². The van der Waals surface area contributed by atoms with Gasteiger partial charge in [0.1, 0.15) is 0 Å². The highest BCUT2D eigenvalue weighted by molar-refractivity contribution is 5.73. The Labute approximate surface area is 170 Å². The lowest BCUT2D eigenvalue weighted by molar-refractivity contribution is -0.145. The fourth-order valence-corrected chi connectivity index (χ4v) is 1.99. The first kappa shape index (κ1) is 28.9. The molecule has 30 heavy (non-hydrogen) atoms. The minimum atomic E-state index is -1.23. The van der Waals surface area contributed by atoms with Crippen molar-refractivity contribution in [3.05, 3.63) is 0 Å². The number of nitrogens with zero attached hydrogens (tertiary/aromatic N) is 3. The molecule has 0 aliphatic carbocycles. The Morgan fingerprint density at radius 2 is 0.667 bits per heavy atom. The number of rotatable bonds is 15. The molecule has 0 unspecified atom stereocenters. The van der Waals surface area contributed by atoms with Crippen LogP contribution in [0.15, 0.2) is 0 Å². The van der Waals surface area contributed by atoms with E-state index in [9.17, 15) is 28.8 Å². The number of carboxylic acids is 6. The summed E-state index contributed by atoms with van der Waals surface area (Å²) < 4.78 is 0. The number of likely N-dealkylation sites (N-methyl/N-ethyl adjacent to an activating group) is 1. The third-order valence-corrected chi connectivity index (χ3v) is 2.98. The zero-order valence-electron chi connectivity index (χ0n) is 16.1. The quantitative estimate of drug-likeness (QED) is 0.149. The molecule has 15 nitrogen and oxygen atoms in total. The topological polar surface area (TPSA) is 234 Å². The first-order chi connectivity index (χ1) is 13.7. The van der Waals surface area contributed by atoms with Crippen LogP contribution in [0, 0.1) is 0 Å². The Bertz CT molecular complexity index is 540. The van der Waals surface area contributed by atoms with Crippen LogP contribution in [-0.2, 0) is 28.8 Å². The van der Waals surface area contributed by atoms with E-state index in [0.29, 0.717) is 0 Å². The number of hydrogen-bond acceptors (Lipinski definition) is 9. The maximum Gasteiger partial charge on any atom is 0.317 e. The van der Waals surface area contributed by atoms with Crippen LogP contribution >= 0.6 is 0 Å². The van der Waals surface area contributed by atoms with Crippen LogP contribution in [0.3, 0.4) is 0 Å². The lowest BCUT2D eigenvalue weighted by atomic mass is 10.4. The average molecular weight is 439 g/mol. The molecule has 172 valence electrons. The van der Waals surface area contributed by atoms with Gasteiger partial charge in [0.05, 0.1) is 39.3 Å². The standard InChI is InChI=1S/C10H16N2O8.C5H9NO4/c13-7(14)3-11(4-8(15)16)1-2-12(5-9(17)18)6-10(19)20;1-6(2-4(7)8)3-5(9)10/h1-6H2,(H,13,14)(H,15,16)(H,17,18)(H,19,20);2-3H2,1H3,(H,7,8)(H,9,10). The summed E-state index contributed by atoms with van der Waals surface area (Å²) in [5.41, 5.74) is 0. The highest BCUT2D eigenvalue weighted by Gasteiger charge is 2.18. The highest BCUT2D eigenvalue weighted by Crippen LogP contribution is 1.94. The van der Waals surface area contributed by atoms with Crippen molar-refractivity contribution in [2.24, 2.45) is 0 Å². The van der Waals surface area contributed by atoms with E-state index in [0.717, 1.165) is 9.80 Å². The largest absolute Gasteiger partial charge is 0.480 e. The van der Waals surface area contributed by atoms with E-state index >= 15 is 0 Å².